The Kier molecular flexibility index (Phi) is 9.51. The predicted molar refractivity (Wildman–Crippen MR) is 149 cm³/mol. The summed E-state index contributed by atoms with van der Waals surface area (Å²) in [6.07, 6.45) is 7.28. The van der Waals surface area contributed by atoms with Gasteiger partial charge >= 0.3 is 6.09 Å². The van der Waals surface area contributed by atoms with Crippen LogP contribution in [0.2, 0.25) is 0 Å². The van der Waals surface area contributed by atoms with Crippen LogP contribution >= 0.6 is 0 Å². The highest BCUT2D eigenvalue weighted by atomic mass is 16.6. The number of hydrogen-bond acceptors (Lipinski definition) is 5. The molecule has 198 valence electrons. The Morgan fingerprint density at radius 3 is 2.49 bits per heavy atom. The van der Waals surface area contributed by atoms with Gasteiger partial charge in [-0.25, -0.2) is 14.6 Å². The van der Waals surface area contributed by atoms with Gasteiger partial charge in [0.2, 0.25) is 0 Å². The lowest BCUT2D eigenvalue weighted by Gasteiger charge is -2.28. The molecule has 0 saturated heterocycles. The molecule has 0 aliphatic carbocycles. The van der Waals surface area contributed by atoms with Crippen LogP contribution in [0.1, 0.15) is 90.7 Å². The Morgan fingerprint density at radius 1 is 1.16 bits per heavy atom. The van der Waals surface area contributed by atoms with E-state index in [0.717, 1.165) is 29.7 Å². The van der Waals surface area contributed by atoms with Gasteiger partial charge in [-0.05, 0) is 38.7 Å². The zero-order valence-electron chi connectivity index (χ0n) is 23.0. The van der Waals surface area contributed by atoms with Gasteiger partial charge in [-0.2, -0.15) is 9.61 Å². The van der Waals surface area contributed by atoms with E-state index in [0.29, 0.717) is 17.3 Å². The van der Waals surface area contributed by atoms with Crippen molar-refractivity contribution in [1.82, 2.24) is 14.6 Å². The van der Waals surface area contributed by atoms with Crippen LogP contribution in [0.25, 0.3) is 10.5 Å². The Hall–Kier alpha value is -3.60. The number of nitrogens with one attached hydrogen (secondary N) is 1. The molecule has 8 nitrogen and oxygen atoms in total. The number of carbonyl (C=O) groups excluding carboxylic acids is 1. The normalized spacial score (nSPS) is 11.5. The zero-order valence-corrected chi connectivity index (χ0v) is 23.0. The van der Waals surface area contributed by atoms with Crippen molar-refractivity contribution < 1.29 is 9.53 Å². The van der Waals surface area contributed by atoms with Crippen molar-refractivity contribution >= 4 is 29.1 Å². The predicted octanol–water partition coefficient (Wildman–Crippen LogP) is 7.73. The third kappa shape index (κ3) is 7.69. The van der Waals surface area contributed by atoms with E-state index in [9.17, 15) is 4.79 Å². The van der Waals surface area contributed by atoms with Crippen molar-refractivity contribution in [3.63, 3.8) is 0 Å². The largest absolute Gasteiger partial charge is 0.443 e. The number of anilines is 2. The molecule has 8 heteroatoms. The topological polar surface area (TPSA) is 76.1 Å². The molecule has 0 unspecified atom stereocenters. The lowest BCUT2D eigenvalue weighted by atomic mass is 10.1. The standard InChI is InChI=1S/C29H40N6O2/c1-8-9-10-11-12-17-31-25-18-26(35-27(33-25)24(19-32-35)21(2)3)34(28(36)37-29(4,5)6)20-22-13-15-23(30-7)16-14-22/h13-16,18-19,21H,8-12,17,20H2,1-6H3,(H,31,33). The average molecular weight is 505 g/mol. The van der Waals surface area contributed by atoms with Crippen LogP contribution in [0.15, 0.2) is 36.5 Å². The van der Waals surface area contributed by atoms with Crippen molar-refractivity contribution in [3.05, 3.63) is 59.1 Å². The highest BCUT2D eigenvalue weighted by molar-refractivity contribution is 5.88. The van der Waals surface area contributed by atoms with Gasteiger partial charge in [0, 0.05) is 18.2 Å². The lowest BCUT2D eigenvalue weighted by molar-refractivity contribution is 0.0575. The van der Waals surface area contributed by atoms with Crippen LogP contribution in [0.3, 0.4) is 0 Å². The minimum atomic E-state index is -0.664. The maximum Gasteiger partial charge on any atom is 0.416 e. The summed E-state index contributed by atoms with van der Waals surface area (Å²) in [5, 5.41) is 8.08. The van der Waals surface area contributed by atoms with Crippen molar-refractivity contribution in [3.8, 4) is 0 Å². The fraction of sp³-hybridized carbons (Fsp3) is 0.517. The van der Waals surface area contributed by atoms with E-state index in [4.69, 9.17) is 16.3 Å². The molecule has 1 N–H and O–H groups in total. The first-order chi connectivity index (χ1) is 17.6. The second-order valence-electron chi connectivity index (χ2n) is 10.7. The number of benzene rings is 1. The second kappa shape index (κ2) is 12.6. The number of unbranched alkanes of at least 4 members (excludes halogenated alkanes) is 4. The number of amides is 1. The summed E-state index contributed by atoms with van der Waals surface area (Å²) < 4.78 is 7.53. The summed E-state index contributed by atoms with van der Waals surface area (Å²) in [6.45, 7) is 20.3. The summed E-state index contributed by atoms with van der Waals surface area (Å²) >= 11 is 0. The van der Waals surface area contributed by atoms with E-state index in [1.807, 2.05) is 45.2 Å². The van der Waals surface area contributed by atoms with Gasteiger partial charge in [-0.15, -0.1) is 0 Å². The van der Waals surface area contributed by atoms with Crippen LogP contribution < -0.4 is 10.2 Å². The van der Waals surface area contributed by atoms with Gasteiger partial charge in [0.05, 0.1) is 19.3 Å². The molecule has 2 heterocycles. The third-order valence-corrected chi connectivity index (χ3v) is 5.99. The van der Waals surface area contributed by atoms with Crippen LogP contribution in [0.4, 0.5) is 22.1 Å². The minimum absolute atomic E-state index is 0.221. The number of ether oxygens (including phenoxy) is 1. The summed E-state index contributed by atoms with van der Waals surface area (Å²) in [5.74, 6) is 1.50. The van der Waals surface area contributed by atoms with Gasteiger partial charge in [-0.1, -0.05) is 70.7 Å². The van der Waals surface area contributed by atoms with E-state index in [-0.39, 0.29) is 12.5 Å². The Bertz CT molecular complexity index is 1220. The quantitative estimate of drug-likeness (QED) is 0.214. The molecule has 1 amide bonds. The monoisotopic (exact) mass is 504 g/mol. The molecule has 0 fully saturated rings. The van der Waals surface area contributed by atoms with E-state index >= 15 is 0 Å². The number of carbonyl (C=O) groups is 1. The molecule has 0 atom stereocenters. The molecule has 2 aromatic heterocycles. The molecule has 0 aliphatic rings. The fourth-order valence-electron chi connectivity index (χ4n) is 4.01. The summed E-state index contributed by atoms with van der Waals surface area (Å²) in [5.41, 5.74) is 2.50. The summed E-state index contributed by atoms with van der Waals surface area (Å²) in [7, 11) is 0. The molecule has 0 spiro atoms. The first-order valence-electron chi connectivity index (χ1n) is 13.2. The van der Waals surface area contributed by atoms with Crippen molar-refractivity contribution in [2.24, 2.45) is 0 Å². The maximum atomic E-state index is 13.5. The van der Waals surface area contributed by atoms with Crippen molar-refractivity contribution in [2.45, 2.75) is 91.7 Å². The van der Waals surface area contributed by atoms with E-state index in [1.165, 1.54) is 25.7 Å². The van der Waals surface area contributed by atoms with E-state index in [1.54, 1.807) is 21.5 Å². The van der Waals surface area contributed by atoms with Gasteiger partial charge in [0.1, 0.15) is 17.2 Å². The molecule has 37 heavy (non-hydrogen) atoms. The van der Waals surface area contributed by atoms with Gasteiger partial charge in [0.25, 0.3) is 0 Å². The molecule has 0 radical (unpaired) electrons. The molecule has 1 aromatic carbocycles. The lowest BCUT2D eigenvalue weighted by Crippen LogP contribution is -2.37. The van der Waals surface area contributed by atoms with Gasteiger partial charge in [0.15, 0.2) is 11.3 Å². The second-order valence-corrected chi connectivity index (χ2v) is 10.7. The zero-order chi connectivity index (χ0) is 27.0. The number of rotatable bonds is 11. The number of aromatic nitrogens is 3. The SMILES string of the molecule is [C-]#[N+]c1ccc(CN(C(=O)OC(C)(C)C)c2cc(NCCCCCCC)nc3c(C(C)C)cnn23)cc1. The van der Waals surface area contributed by atoms with Crippen LogP contribution in [0.5, 0.6) is 0 Å². The highest BCUT2D eigenvalue weighted by Gasteiger charge is 2.27. The molecule has 3 rings (SSSR count). The van der Waals surface area contributed by atoms with Gasteiger partial charge < -0.3 is 10.1 Å². The number of hydrogen-bond donors (Lipinski definition) is 1. The average Bonchev–Trinajstić information content (AvgIpc) is 3.28. The number of nitrogens with zero attached hydrogens (tertiary/aromatic N) is 5. The molecule has 0 aliphatic heterocycles. The highest BCUT2D eigenvalue weighted by Crippen LogP contribution is 2.29. The molecule has 0 bridgehead atoms. The third-order valence-electron chi connectivity index (χ3n) is 5.99. The molecule has 0 saturated carbocycles. The fourth-order valence-corrected chi connectivity index (χ4v) is 4.01. The maximum absolute atomic E-state index is 13.5. The van der Waals surface area contributed by atoms with E-state index in [2.05, 4.69) is 36.0 Å². The van der Waals surface area contributed by atoms with Crippen molar-refractivity contribution in [2.75, 3.05) is 16.8 Å². The molecular formula is C29H40N6O2. The van der Waals surface area contributed by atoms with E-state index < -0.39 is 11.7 Å². The summed E-state index contributed by atoms with van der Waals surface area (Å²) in [4.78, 5) is 23.5. The first kappa shape index (κ1) is 28.0. The Balaban J connectivity index is 2.02. The number of fused-ring (bicyclic) bond motifs is 1. The smallest absolute Gasteiger partial charge is 0.416 e. The Labute approximate surface area is 220 Å². The first-order valence-corrected chi connectivity index (χ1v) is 13.2. The van der Waals surface area contributed by atoms with Crippen LogP contribution in [-0.4, -0.2) is 32.8 Å². The molecule has 3 aromatic rings. The molecular weight excluding hydrogens is 464 g/mol. The van der Waals surface area contributed by atoms with Crippen LogP contribution in [0, 0.1) is 6.57 Å². The Morgan fingerprint density at radius 2 is 1.86 bits per heavy atom. The van der Waals surface area contributed by atoms with Crippen LogP contribution in [-0.2, 0) is 11.3 Å². The summed E-state index contributed by atoms with van der Waals surface area (Å²) in [6, 6.07) is 9.11. The van der Waals surface area contributed by atoms with Gasteiger partial charge in [-0.3, -0.25) is 4.90 Å². The van der Waals surface area contributed by atoms with Crippen molar-refractivity contribution in [1.29, 1.82) is 0 Å². The minimum Gasteiger partial charge on any atom is -0.443 e.